The predicted molar refractivity (Wildman–Crippen MR) is 89.5 cm³/mol. The minimum atomic E-state index is 0. The number of hydrogen-bond acceptors (Lipinski definition) is 4. The molecule has 2 N–H and O–H groups in total. The molecule has 0 radical (unpaired) electrons. The monoisotopic (exact) mass is 396 g/mol. The number of thiazole rings is 1. The van der Waals surface area contributed by atoms with Crippen molar-refractivity contribution in [1.29, 1.82) is 0 Å². The van der Waals surface area contributed by atoms with E-state index in [1.54, 1.807) is 11.3 Å². The third-order valence-corrected chi connectivity index (χ3v) is 3.92. The summed E-state index contributed by atoms with van der Waals surface area (Å²) in [6, 6.07) is 0. The molecule has 0 amide bonds. The van der Waals surface area contributed by atoms with Crippen molar-refractivity contribution >= 4 is 41.3 Å². The van der Waals surface area contributed by atoms with Gasteiger partial charge in [0.15, 0.2) is 5.96 Å². The van der Waals surface area contributed by atoms with Crippen molar-refractivity contribution in [3.8, 4) is 0 Å². The van der Waals surface area contributed by atoms with Crippen molar-refractivity contribution in [3.63, 3.8) is 0 Å². The number of rotatable bonds is 4. The number of halogens is 1. The highest BCUT2D eigenvalue weighted by atomic mass is 127. The van der Waals surface area contributed by atoms with E-state index in [0.29, 0.717) is 12.5 Å². The van der Waals surface area contributed by atoms with E-state index < -0.39 is 0 Å². The largest absolute Gasteiger partial charge is 0.378 e. The molecule has 0 saturated carbocycles. The summed E-state index contributed by atoms with van der Waals surface area (Å²) in [6.45, 7) is 5.98. The first-order valence-electron chi connectivity index (χ1n) is 6.35. The Labute approximate surface area is 135 Å². The van der Waals surface area contributed by atoms with Crippen LogP contribution in [0.15, 0.2) is 10.4 Å². The summed E-state index contributed by atoms with van der Waals surface area (Å²) < 4.78 is 5.28. The Morgan fingerprint density at radius 2 is 2.26 bits per heavy atom. The van der Waals surface area contributed by atoms with Gasteiger partial charge in [-0.3, -0.25) is 4.99 Å². The Hall–Kier alpha value is -0.410. The Morgan fingerprint density at radius 3 is 2.89 bits per heavy atom. The number of aromatic nitrogens is 1. The zero-order valence-corrected chi connectivity index (χ0v) is 14.3. The number of guanidine groups is 1. The standard InChI is InChI=1S/C12H20N4OS.HI/c1-2-11-15-10(9-18-11)3-4-14-12(13)16-5-7-17-8-6-16;/h9H,2-8H2,1H3,(H2,13,14);1H. The molecule has 108 valence electrons. The molecule has 1 fully saturated rings. The molecule has 5 nitrogen and oxygen atoms in total. The molecule has 0 spiro atoms. The first-order chi connectivity index (χ1) is 8.79. The van der Waals surface area contributed by atoms with Crippen LogP contribution in [-0.2, 0) is 17.6 Å². The van der Waals surface area contributed by atoms with Gasteiger partial charge in [0, 0.05) is 31.4 Å². The van der Waals surface area contributed by atoms with Crippen LogP contribution in [0.3, 0.4) is 0 Å². The summed E-state index contributed by atoms with van der Waals surface area (Å²) in [5.74, 6) is 0.629. The van der Waals surface area contributed by atoms with Crippen LogP contribution >= 0.6 is 35.3 Å². The minimum absolute atomic E-state index is 0. The van der Waals surface area contributed by atoms with Crippen LogP contribution in [0.5, 0.6) is 0 Å². The lowest BCUT2D eigenvalue weighted by Gasteiger charge is -2.27. The number of nitrogens with zero attached hydrogens (tertiary/aromatic N) is 3. The van der Waals surface area contributed by atoms with Gasteiger partial charge in [0.1, 0.15) is 0 Å². The van der Waals surface area contributed by atoms with Crippen LogP contribution in [0.1, 0.15) is 17.6 Å². The highest BCUT2D eigenvalue weighted by Crippen LogP contribution is 2.10. The molecule has 0 unspecified atom stereocenters. The van der Waals surface area contributed by atoms with E-state index in [1.807, 2.05) is 0 Å². The highest BCUT2D eigenvalue weighted by molar-refractivity contribution is 14.0. The fourth-order valence-electron chi connectivity index (χ4n) is 1.80. The van der Waals surface area contributed by atoms with Crippen molar-refractivity contribution in [1.82, 2.24) is 9.88 Å². The summed E-state index contributed by atoms with van der Waals surface area (Å²) in [6.07, 6.45) is 1.87. The molecule has 0 bridgehead atoms. The maximum absolute atomic E-state index is 5.95. The number of ether oxygens (including phenoxy) is 1. The van der Waals surface area contributed by atoms with E-state index in [-0.39, 0.29) is 24.0 Å². The van der Waals surface area contributed by atoms with Crippen molar-refractivity contribution in [3.05, 3.63) is 16.1 Å². The molecule has 1 aliphatic heterocycles. The fraction of sp³-hybridized carbons (Fsp3) is 0.667. The van der Waals surface area contributed by atoms with Crippen molar-refractivity contribution in [2.24, 2.45) is 10.7 Å². The molecule has 2 rings (SSSR count). The van der Waals surface area contributed by atoms with E-state index in [2.05, 4.69) is 27.2 Å². The fourth-order valence-corrected chi connectivity index (χ4v) is 2.58. The van der Waals surface area contributed by atoms with Gasteiger partial charge in [0.2, 0.25) is 0 Å². The summed E-state index contributed by atoms with van der Waals surface area (Å²) in [5, 5.41) is 3.30. The highest BCUT2D eigenvalue weighted by Gasteiger charge is 2.11. The molecule has 2 heterocycles. The third-order valence-electron chi connectivity index (χ3n) is 2.88. The van der Waals surface area contributed by atoms with Crippen LogP contribution < -0.4 is 5.73 Å². The SMILES string of the molecule is CCc1nc(CCN=C(N)N2CCOCC2)cs1.I. The zero-order chi connectivity index (χ0) is 12.8. The zero-order valence-electron chi connectivity index (χ0n) is 11.2. The van der Waals surface area contributed by atoms with Crippen LogP contribution in [0.4, 0.5) is 0 Å². The molecule has 1 aromatic heterocycles. The molecule has 0 aliphatic carbocycles. The van der Waals surface area contributed by atoms with Gasteiger partial charge >= 0.3 is 0 Å². The lowest BCUT2D eigenvalue weighted by molar-refractivity contribution is 0.0674. The molecular formula is C12H21IN4OS. The Kier molecular flexibility index (Phi) is 7.62. The summed E-state index contributed by atoms with van der Waals surface area (Å²) >= 11 is 1.72. The smallest absolute Gasteiger partial charge is 0.191 e. The second-order valence-electron chi connectivity index (χ2n) is 4.18. The molecule has 0 atom stereocenters. The Morgan fingerprint density at radius 1 is 1.53 bits per heavy atom. The summed E-state index contributed by atoms with van der Waals surface area (Å²) in [7, 11) is 0. The van der Waals surface area contributed by atoms with E-state index in [0.717, 1.165) is 44.8 Å². The normalized spacial score (nSPS) is 16.3. The first-order valence-corrected chi connectivity index (χ1v) is 7.23. The van der Waals surface area contributed by atoms with Gasteiger partial charge in [-0.25, -0.2) is 4.98 Å². The van der Waals surface area contributed by atoms with E-state index >= 15 is 0 Å². The van der Waals surface area contributed by atoms with Crippen molar-refractivity contribution < 1.29 is 4.74 Å². The summed E-state index contributed by atoms with van der Waals surface area (Å²) in [4.78, 5) is 11.0. The number of morpholine rings is 1. The lowest BCUT2D eigenvalue weighted by atomic mass is 10.3. The molecule has 1 aromatic rings. The Balaban J connectivity index is 0.00000180. The maximum Gasteiger partial charge on any atom is 0.191 e. The maximum atomic E-state index is 5.95. The van der Waals surface area contributed by atoms with E-state index in [1.165, 1.54) is 5.01 Å². The summed E-state index contributed by atoms with van der Waals surface area (Å²) in [5.41, 5.74) is 7.07. The van der Waals surface area contributed by atoms with Crippen LogP contribution in [-0.4, -0.2) is 48.7 Å². The van der Waals surface area contributed by atoms with Gasteiger partial charge in [0.25, 0.3) is 0 Å². The van der Waals surface area contributed by atoms with Crippen LogP contribution in [0, 0.1) is 0 Å². The predicted octanol–water partition coefficient (Wildman–Crippen LogP) is 1.51. The van der Waals surface area contributed by atoms with Gasteiger partial charge in [-0.2, -0.15) is 0 Å². The van der Waals surface area contributed by atoms with Crippen LogP contribution in [0.2, 0.25) is 0 Å². The second-order valence-corrected chi connectivity index (χ2v) is 5.12. The quantitative estimate of drug-likeness (QED) is 0.476. The van der Waals surface area contributed by atoms with Crippen LogP contribution in [0.25, 0.3) is 0 Å². The minimum Gasteiger partial charge on any atom is -0.378 e. The number of aryl methyl sites for hydroxylation is 1. The molecule has 7 heteroatoms. The average molecular weight is 396 g/mol. The first kappa shape index (κ1) is 16.6. The number of nitrogens with two attached hydrogens (primary N) is 1. The van der Waals surface area contributed by atoms with Gasteiger partial charge in [-0.1, -0.05) is 6.92 Å². The van der Waals surface area contributed by atoms with Crippen molar-refractivity contribution in [2.75, 3.05) is 32.8 Å². The molecule has 0 aromatic carbocycles. The van der Waals surface area contributed by atoms with Crippen molar-refractivity contribution in [2.45, 2.75) is 19.8 Å². The lowest BCUT2D eigenvalue weighted by Crippen LogP contribution is -2.44. The van der Waals surface area contributed by atoms with E-state index in [9.17, 15) is 0 Å². The molecule has 19 heavy (non-hydrogen) atoms. The number of hydrogen-bond donors (Lipinski definition) is 1. The molecular weight excluding hydrogens is 375 g/mol. The number of aliphatic imine (C=N–C) groups is 1. The van der Waals surface area contributed by atoms with Gasteiger partial charge < -0.3 is 15.4 Å². The van der Waals surface area contributed by atoms with Gasteiger partial charge in [0.05, 0.1) is 23.9 Å². The second kappa shape index (κ2) is 8.70. The Bertz CT molecular complexity index is 404. The molecule has 1 aliphatic rings. The molecule has 1 saturated heterocycles. The van der Waals surface area contributed by atoms with E-state index in [4.69, 9.17) is 10.5 Å². The van der Waals surface area contributed by atoms with Gasteiger partial charge in [-0.05, 0) is 6.42 Å². The average Bonchev–Trinajstić information content (AvgIpc) is 2.87. The third kappa shape index (κ3) is 5.23. The van der Waals surface area contributed by atoms with Gasteiger partial charge in [-0.15, -0.1) is 35.3 Å². The topological polar surface area (TPSA) is 63.7 Å².